The molecule has 23 heavy (non-hydrogen) atoms. The van der Waals surface area contributed by atoms with Gasteiger partial charge in [0.1, 0.15) is 6.29 Å². The van der Waals surface area contributed by atoms with E-state index in [0.717, 1.165) is 44.8 Å². The third kappa shape index (κ3) is 20.6. The number of carbonyl (C=O) groups is 1. The van der Waals surface area contributed by atoms with Crippen molar-refractivity contribution in [1.82, 2.24) is 0 Å². The Morgan fingerprint density at radius 2 is 0.957 bits per heavy atom. The van der Waals surface area contributed by atoms with Gasteiger partial charge < -0.3 is 4.79 Å². The molecule has 130 valence electrons. The van der Waals surface area contributed by atoms with Gasteiger partial charge in [-0.3, -0.25) is 0 Å². The molecule has 0 amide bonds. The Bertz CT molecular complexity index is 347. The smallest absolute Gasteiger partial charge is 0.119 e. The zero-order valence-corrected chi connectivity index (χ0v) is 15.1. The monoisotopic (exact) mass is 316 g/mol. The summed E-state index contributed by atoms with van der Waals surface area (Å²) in [5.74, 6) is 0. The van der Waals surface area contributed by atoms with Crippen LogP contribution < -0.4 is 0 Å². The van der Waals surface area contributed by atoms with Crippen LogP contribution in [0.2, 0.25) is 0 Å². The van der Waals surface area contributed by atoms with Crippen LogP contribution in [0.5, 0.6) is 0 Å². The molecule has 0 aliphatic rings. The molecule has 0 aliphatic carbocycles. The minimum Gasteiger partial charge on any atom is -0.303 e. The van der Waals surface area contributed by atoms with Crippen LogP contribution in [0.1, 0.15) is 84.0 Å². The molecule has 0 saturated carbocycles. The number of aldehydes is 1. The maximum atomic E-state index is 10.2. The summed E-state index contributed by atoms with van der Waals surface area (Å²) < 4.78 is 0. The summed E-state index contributed by atoms with van der Waals surface area (Å²) in [4.78, 5) is 10.2. The quantitative estimate of drug-likeness (QED) is 0.168. The normalized spacial score (nSPS) is 12.4. The van der Waals surface area contributed by atoms with Gasteiger partial charge in [0.15, 0.2) is 0 Å². The summed E-state index contributed by atoms with van der Waals surface area (Å²) in [6.45, 7) is 2.24. The largest absolute Gasteiger partial charge is 0.303 e. The number of unbranched alkanes of at least 4 members (excludes halogenated alkanes) is 7. The van der Waals surface area contributed by atoms with Crippen molar-refractivity contribution in [2.45, 2.75) is 84.0 Å². The molecule has 0 aromatic rings. The number of rotatable bonds is 16. The van der Waals surface area contributed by atoms with E-state index < -0.39 is 0 Å². The zero-order chi connectivity index (χ0) is 16.8. The molecule has 0 bridgehead atoms. The average Bonchev–Trinajstić information content (AvgIpc) is 2.57. The molecule has 0 heterocycles. The molecule has 1 heteroatoms. The Labute approximate surface area is 144 Å². The van der Waals surface area contributed by atoms with E-state index >= 15 is 0 Å². The minimum atomic E-state index is 0.717. The highest BCUT2D eigenvalue weighted by atomic mass is 16.1. The molecule has 0 unspecified atom stereocenters. The molecule has 1 nitrogen and oxygen atoms in total. The van der Waals surface area contributed by atoms with Gasteiger partial charge in [-0.15, -0.1) is 0 Å². The average molecular weight is 317 g/mol. The molecular weight excluding hydrogens is 280 g/mol. The highest BCUT2D eigenvalue weighted by Gasteiger charge is 1.86. The van der Waals surface area contributed by atoms with Crippen LogP contribution in [0.3, 0.4) is 0 Å². The highest BCUT2D eigenvalue weighted by molar-refractivity contribution is 5.48. The Morgan fingerprint density at radius 1 is 0.522 bits per heavy atom. The Hall–Kier alpha value is -1.37. The van der Waals surface area contributed by atoms with Crippen molar-refractivity contribution in [3.63, 3.8) is 0 Å². The van der Waals surface area contributed by atoms with Gasteiger partial charge in [-0.2, -0.15) is 0 Å². The van der Waals surface area contributed by atoms with E-state index in [4.69, 9.17) is 0 Å². The van der Waals surface area contributed by atoms with E-state index in [-0.39, 0.29) is 0 Å². The van der Waals surface area contributed by atoms with E-state index in [1.54, 1.807) is 0 Å². The molecule has 0 aromatic carbocycles. The van der Waals surface area contributed by atoms with Gasteiger partial charge >= 0.3 is 0 Å². The maximum absolute atomic E-state index is 10.2. The first-order chi connectivity index (χ1) is 11.4. The lowest BCUT2D eigenvalue weighted by Crippen LogP contribution is -1.77. The topological polar surface area (TPSA) is 17.1 Å². The van der Waals surface area contributed by atoms with Gasteiger partial charge in [0.05, 0.1) is 0 Å². The first-order valence-corrected chi connectivity index (χ1v) is 9.45. The van der Waals surface area contributed by atoms with Crippen molar-refractivity contribution < 1.29 is 4.79 Å². The zero-order valence-electron chi connectivity index (χ0n) is 15.1. The molecule has 0 N–H and O–H groups in total. The summed E-state index contributed by atoms with van der Waals surface area (Å²) in [5, 5.41) is 0. The second kappa shape index (κ2) is 20.6. The van der Waals surface area contributed by atoms with Crippen LogP contribution in [-0.4, -0.2) is 6.29 Å². The Kier molecular flexibility index (Phi) is 19.4. The van der Waals surface area contributed by atoms with Crippen molar-refractivity contribution in [2.75, 3.05) is 0 Å². The Morgan fingerprint density at radius 3 is 1.43 bits per heavy atom. The van der Waals surface area contributed by atoms with Gasteiger partial charge in [-0.05, 0) is 51.4 Å². The lowest BCUT2D eigenvalue weighted by molar-refractivity contribution is -0.107. The summed E-state index contributed by atoms with van der Waals surface area (Å²) in [5.41, 5.74) is 0. The third-order valence-electron chi connectivity index (χ3n) is 3.65. The van der Waals surface area contributed by atoms with Crippen LogP contribution in [0.15, 0.2) is 48.6 Å². The fourth-order valence-corrected chi connectivity index (χ4v) is 2.23. The summed E-state index contributed by atoms with van der Waals surface area (Å²) in [7, 11) is 0. The minimum absolute atomic E-state index is 0.717. The number of hydrogen-bond acceptors (Lipinski definition) is 1. The first-order valence-electron chi connectivity index (χ1n) is 9.45. The lowest BCUT2D eigenvalue weighted by atomic mass is 10.1. The van der Waals surface area contributed by atoms with E-state index in [2.05, 4.69) is 55.5 Å². The SMILES string of the molecule is CCCCCC=CCC=CCC=CC/C=C\CCCCCC=O. The number of carbonyl (C=O) groups excluding carboxylic acids is 1. The van der Waals surface area contributed by atoms with E-state index in [9.17, 15) is 4.79 Å². The standard InChI is InChI=1S/C22H36O/c1-2-3-4-5-6-7-8-9-10-11-12-13-14-15-16-17-18-19-20-21-22-23/h6-7,9-10,12-13,15-16,22H,2-5,8,11,14,17-21H2,1H3/b7-6?,10-9?,13-12?,16-15-. The van der Waals surface area contributed by atoms with Crippen LogP contribution in [0.4, 0.5) is 0 Å². The molecule has 0 rings (SSSR count). The number of hydrogen-bond donors (Lipinski definition) is 0. The van der Waals surface area contributed by atoms with E-state index in [0.29, 0.717) is 6.42 Å². The van der Waals surface area contributed by atoms with Crippen molar-refractivity contribution in [3.8, 4) is 0 Å². The van der Waals surface area contributed by atoms with Crippen molar-refractivity contribution in [2.24, 2.45) is 0 Å². The fraction of sp³-hybridized carbons (Fsp3) is 0.591. The molecule has 0 atom stereocenters. The molecular formula is C22H36O. The fourth-order valence-electron chi connectivity index (χ4n) is 2.23. The Balaban J connectivity index is 3.35. The summed E-state index contributed by atoms with van der Waals surface area (Å²) >= 11 is 0. The molecule has 0 aromatic heterocycles. The molecule has 0 fully saturated rings. The lowest BCUT2D eigenvalue weighted by Gasteiger charge is -1.93. The summed E-state index contributed by atoms with van der Waals surface area (Å²) in [6, 6.07) is 0. The van der Waals surface area contributed by atoms with Crippen LogP contribution >= 0.6 is 0 Å². The molecule has 0 radical (unpaired) electrons. The van der Waals surface area contributed by atoms with Crippen molar-refractivity contribution in [3.05, 3.63) is 48.6 Å². The van der Waals surface area contributed by atoms with Gasteiger partial charge in [0.25, 0.3) is 0 Å². The van der Waals surface area contributed by atoms with Gasteiger partial charge in [-0.25, -0.2) is 0 Å². The second-order valence-electron chi connectivity index (χ2n) is 5.89. The van der Waals surface area contributed by atoms with Gasteiger partial charge in [0, 0.05) is 6.42 Å². The predicted molar refractivity (Wildman–Crippen MR) is 104 cm³/mol. The summed E-state index contributed by atoms with van der Waals surface area (Å²) in [6.07, 6.45) is 32.6. The van der Waals surface area contributed by atoms with E-state index in [1.165, 1.54) is 32.1 Å². The highest BCUT2D eigenvalue weighted by Crippen LogP contribution is 2.03. The molecule has 0 aliphatic heterocycles. The predicted octanol–water partition coefficient (Wildman–Crippen LogP) is 7.11. The van der Waals surface area contributed by atoms with Crippen LogP contribution in [0, 0.1) is 0 Å². The first kappa shape index (κ1) is 21.6. The van der Waals surface area contributed by atoms with Crippen LogP contribution in [-0.2, 0) is 4.79 Å². The molecule has 0 spiro atoms. The number of allylic oxidation sites excluding steroid dienone is 8. The third-order valence-corrected chi connectivity index (χ3v) is 3.65. The van der Waals surface area contributed by atoms with Crippen LogP contribution in [0.25, 0.3) is 0 Å². The van der Waals surface area contributed by atoms with Gasteiger partial charge in [-0.1, -0.05) is 74.8 Å². The van der Waals surface area contributed by atoms with E-state index in [1.807, 2.05) is 0 Å². The molecule has 0 saturated heterocycles. The van der Waals surface area contributed by atoms with Crippen molar-refractivity contribution >= 4 is 6.29 Å². The van der Waals surface area contributed by atoms with Gasteiger partial charge in [0.2, 0.25) is 0 Å². The maximum Gasteiger partial charge on any atom is 0.119 e. The second-order valence-corrected chi connectivity index (χ2v) is 5.89. The van der Waals surface area contributed by atoms with Crippen molar-refractivity contribution in [1.29, 1.82) is 0 Å².